The summed E-state index contributed by atoms with van der Waals surface area (Å²) in [7, 11) is 0. The number of thioether (sulfide) groups is 1. The molecular formula is C16H21N3O2S. The van der Waals surface area contributed by atoms with E-state index in [9.17, 15) is 10.1 Å². The van der Waals surface area contributed by atoms with Gasteiger partial charge in [0.25, 0.3) is 0 Å². The Labute approximate surface area is 135 Å². The summed E-state index contributed by atoms with van der Waals surface area (Å²) in [4.78, 5) is 16.5. The van der Waals surface area contributed by atoms with Gasteiger partial charge in [-0.2, -0.15) is 5.26 Å². The van der Waals surface area contributed by atoms with Gasteiger partial charge < -0.3 is 10.1 Å². The molecule has 0 fully saturated rings. The van der Waals surface area contributed by atoms with E-state index in [0.29, 0.717) is 24.6 Å². The van der Waals surface area contributed by atoms with Crippen LogP contribution in [-0.2, 0) is 22.6 Å². The normalized spacial score (nSPS) is 14.8. The second-order valence-corrected chi connectivity index (χ2v) is 6.70. The minimum absolute atomic E-state index is 0.109. The van der Waals surface area contributed by atoms with Crippen molar-refractivity contribution in [2.45, 2.75) is 45.0 Å². The molecule has 1 aliphatic rings. The number of hydrogen-bond acceptors (Lipinski definition) is 5. The summed E-state index contributed by atoms with van der Waals surface area (Å²) >= 11 is 1.62. The molecule has 22 heavy (non-hydrogen) atoms. The van der Waals surface area contributed by atoms with E-state index >= 15 is 0 Å². The highest BCUT2D eigenvalue weighted by atomic mass is 32.2. The molecule has 1 amide bonds. The number of ether oxygens (including phenoxy) is 1. The number of nitrogens with zero attached hydrogens (tertiary/aromatic N) is 2. The quantitative estimate of drug-likeness (QED) is 0.816. The van der Waals surface area contributed by atoms with Gasteiger partial charge in [0.1, 0.15) is 11.6 Å². The molecule has 0 saturated heterocycles. The SMILES string of the molecule is CCCCSC(C)C(=O)Nc1ncc2c(c1C#N)COCC2. The third-order valence-electron chi connectivity index (χ3n) is 3.63. The van der Waals surface area contributed by atoms with Gasteiger partial charge >= 0.3 is 0 Å². The number of aromatic nitrogens is 1. The monoisotopic (exact) mass is 319 g/mol. The second kappa shape index (κ2) is 8.16. The Kier molecular flexibility index (Phi) is 6.22. The van der Waals surface area contributed by atoms with Crippen molar-refractivity contribution >= 4 is 23.5 Å². The molecule has 0 aromatic carbocycles. The number of fused-ring (bicyclic) bond motifs is 1. The molecular weight excluding hydrogens is 298 g/mol. The summed E-state index contributed by atoms with van der Waals surface area (Å²) in [6.45, 7) is 5.06. The first kappa shape index (κ1) is 16.8. The molecule has 0 radical (unpaired) electrons. The summed E-state index contributed by atoms with van der Waals surface area (Å²) in [5.41, 5.74) is 2.31. The number of unbranched alkanes of at least 4 members (excludes halogenated alkanes) is 1. The highest BCUT2D eigenvalue weighted by Gasteiger charge is 2.21. The molecule has 0 spiro atoms. The number of nitrogens with one attached hydrogen (secondary N) is 1. The van der Waals surface area contributed by atoms with Gasteiger partial charge in [0.2, 0.25) is 5.91 Å². The van der Waals surface area contributed by atoms with Crippen molar-refractivity contribution in [2.24, 2.45) is 0 Å². The number of carbonyl (C=O) groups is 1. The van der Waals surface area contributed by atoms with Crippen LogP contribution in [0.5, 0.6) is 0 Å². The number of nitriles is 1. The molecule has 1 N–H and O–H groups in total. The largest absolute Gasteiger partial charge is 0.376 e. The molecule has 1 aromatic rings. The van der Waals surface area contributed by atoms with Gasteiger partial charge in [-0.1, -0.05) is 13.3 Å². The first-order valence-corrected chi connectivity index (χ1v) is 8.63. The number of carbonyl (C=O) groups excluding carboxylic acids is 1. The average Bonchev–Trinajstić information content (AvgIpc) is 2.54. The van der Waals surface area contributed by atoms with Crippen LogP contribution < -0.4 is 5.32 Å². The summed E-state index contributed by atoms with van der Waals surface area (Å²) < 4.78 is 5.42. The Morgan fingerprint density at radius 3 is 3.18 bits per heavy atom. The van der Waals surface area contributed by atoms with E-state index in [2.05, 4.69) is 23.3 Å². The Morgan fingerprint density at radius 1 is 1.64 bits per heavy atom. The van der Waals surface area contributed by atoms with Crippen LogP contribution in [0.25, 0.3) is 0 Å². The van der Waals surface area contributed by atoms with Gasteiger partial charge in [0, 0.05) is 11.8 Å². The summed E-state index contributed by atoms with van der Waals surface area (Å²) in [6, 6.07) is 2.16. The fourth-order valence-corrected chi connectivity index (χ4v) is 3.26. The van der Waals surface area contributed by atoms with Crippen molar-refractivity contribution in [1.29, 1.82) is 5.26 Å². The van der Waals surface area contributed by atoms with Crippen LogP contribution in [0.4, 0.5) is 5.82 Å². The predicted octanol–water partition coefficient (Wildman–Crippen LogP) is 2.89. The van der Waals surface area contributed by atoms with Gasteiger partial charge in [-0.05, 0) is 31.1 Å². The third-order valence-corrected chi connectivity index (χ3v) is 4.86. The van der Waals surface area contributed by atoms with Crippen LogP contribution in [0.2, 0.25) is 0 Å². The van der Waals surface area contributed by atoms with E-state index in [-0.39, 0.29) is 11.2 Å². The van der Waals surface area contributed by atoms with E-state index in [0.717, 1.165) is 36.1 Å². The predicted molar refractivity (Wildman–Crippen MR) is 87.8 cm³/mol. The maximum Gasteiger partial charge on any atom is 0.238 e. The molecule has 2 heterocycles. The van der Waals surface area contributed by atoms with Crippen LogP contribution in [0.3, 0.4) is 0 Å². The number of amides is 1. The van der Waals surface area contributed by atoms with Gasteiger partial charge in [-0.15, -0.1) is 11.8 Å². The Hall–Kier alpha value is -1.58. The third kappa shape index (κ3) is 3.99. The maximum atomic E-state index is 12.2. The van der Waals surface area contributed by atoms with E-state index < -0.39 is 0 Å². The molecule has 0 saturated carbocycles. The van der Waals surface area contributed by atoms with E-state index in [1.54, 1.807) is 18.0 Å². The van der Waals surface area contributed by atoms with Crippen LogP contribution in [0, 0.1) is 11.3 Å². The number of anilines is 1. The smallest absolute Gasteiger partial charge is 0.238 e. The standard InChI is InChI=1S/C16H21N3O2S/c1-3-4-7-22-11(2)16(20)19-15-13(8-17)14-10-21-6-5-12(14)9-18-15/h9,11H,3-7,10H2,1-2H3,(H,18,19,20). The fourth-order valence-electron chi connectivity index (χ4n) is 2.24. The number of rotatable bonds is 6. The van der Waals surface area contributed by atoms with E-state index in [1.807, 2.05) is 6.92 Å². The molecule has 5 nitrogen and oxygen atoms in total. The van der Waals surface area contributed by atoms with Crippen molar-refractivity contribution < 1.29 is 9.53 Å². The lowest BCUT2D eigenvalue weighted by atomic mass is 10.0. The molecule has 6 heteroatoms. The molecule has 1 atom stereocenters. The highest BCUT2D eigenvalue weighted by molar-refractivity contribution is 8.00. The summed E-state index contributed by atoms with van der Waals surface area (Å²) in [5.74, 6) is 1.20. The van der Waals surface area contributed by atoms with E-state index in [4.69, 9.17) is 4.74 Å². The van der Waals surface area contributed by atoms with Crippen LogP contribution in [0.1, 0.15) is 43.4 Å². The Bertz CT molecular complexity index is 583. The maximum absolute atomic E-state index is 12.2. The lowest BCUT2D eigenvalue weighted by Crippen LogP contribution is -2.25. The van der Waals surface area contributed by atoms with Crippen molar-refractivity contribution in [3.63, 3.8) is 0 Å². The first-order chi connectivity index (χ1) is 10.7. The van der Waals surface area contributed by atoms with Crippen molar-refractivity contribution in [2.75, 3.05) is 17.7 Å². The zero-order chi connectivity index (χ0) is 15.9. The van der Waals surface area contributed by atoms with Gasteiger partial charge in [-0.3, -0.25) is 4.79 Å². The van der Waals surface area contributed by atoms with Crippen LogP contribution >= 0.6 is 11.8 Å². The zero-order valence-corrected chi connectivity index (χ0v) is 13.8. The van der Waals surface area contributed by atoms with E-state index in [1.165, 1.54) is 0 Å². The van der Waals surface area contributed by atoms with Crippen LogP contribution in [0.15, 0.2) is 6.20 Å². The molecule has 0 bridgehead atoms. The lowest BCUT2D eigenvalue weighted by molar-refractivity contribution is -0.115. The molecule has 1 aromatic heterocycles. The number of pyridine rings is 1. The van der Waals surface area contributed by atoms with Gasteiger partial charge in [-0.25, -0.2) is 4.98 Å². The van der Waals surface area contributed by atoms with Crippen molar-refractivity contribution in [3.8, 4) is 6.07 Å². The highest BCUT2D eigenvalue weighted by Crippen LogP contribution is 2.25. The van der Waals surface area contributed by atoms with Gasteiger partial charge in [0.05, 0.1) is 18.5 Å². The average molecular weight is 319 g/mol. The molecule has 2 rings (SSSR count). The first-order valence-electron chi connectivity index (χ1n) is 7.58. The van der Waals surface area contributed by atoms with Gasteiger partial charge in [0.15, 0.2) is 5.82 Å². The Balaban J connectivity index is 2.09. The minimum Gasteiger partial charge on any atom is -0.376 e. The fraction of sp³-hybridized carbons (Fsp3) is 0.562. The molecule has 1 aliphatic heterocycles. The number of hydrogen-bond donors (Lipinski definition) is 1. The van der Waals surface area contributed by atoms with Crippen LogP contribution in [-0.4, -0.2) is 28.5 Å². The lowest BCUT2D eigenvalue weighted by Gasteiger charge is -2.19. The molecule has 118 valence electrons. The minimum atomic E-state index is -0.160. The van der Waals surface area contributed by atoms with Crippen molar-refractivity contribution in [3.05, 3.63) is 22.9 Å². The zero-order valence-electron chi connectivity index (χ0n) is 13.0. The Morgan fingerprint density at radius 2 is 2.45 bits per heavy atom. The summed E-state index contributed by atoms with van der Waals surface area (Å²) in [6.07, 6.45) is 4.71. The van der Waals surface area contributed by atoms with Crippen molar-refractivity contribution in [1.82, 2.24) is 4.98 Å². The summed E-state index contributed by atoms with van der Waals surface area (Å²) in [5, 5.41) is 12.0. The molecule has 1 unspecified atom stereocenters. The topological polar surface area (TPSA) is 75.0 Å². The molecule has 0 aliphatic carbocycles. The second-order valence-electron chi connectivity index (χ2n) is 5.26.